The van der Waals surface area contributed by atoms with E-state index in [4.69, 9.17) is 28.3 Å². The third kappa shape index (κ3) is 4.24. The fourth-order valence-electron chi connectivity index (χ4n) is 3.54. The first-order valence-electron chi connectivity index (χ1n) is 9.49. The van der Waals surface area contributed by atoms with Crippen LogP contribution in [0.15, 0.2) is 71.8 Å². The highest BCUT2D eigenvalue weighted by molar-refractivity contribution is 7.90. The Kier molecular flexibility index (Phi) is 5.99. The third-order valence-electron chi connectivity index (χ3n) is 5.06. The zero-order chi connectivity index (χ0) is 23.0. The number of hydrogen-bond donors (Lipinski definition) is 1. The molecule has 4 rings (SSSR count). The Morgan fingerprint density at radius 3 is 2.44 bits per heavy atom. The first kappa shape index (κ1) is 22.3. The number of fused-ring (bicyclic) bond motifs is 1. The molecule has 1 aromatic heterocycles. The van der Waals surface area contributed by atoms with Crippen LogP contribution in [-0.2, 0) is 21.2 Å². The lowest BCUT2D eigenvalue weighted by molar-refractivity contribution is -0.136. The summed E-state index contributed by atoms with van der Waals surface area (Å²) >= 11 is 11.9. The van der Waals surface area contributed by atoms with E-state index in [0.29, 0.717) is 27.1 Å². The third-order valence-corrected chi connectivity index (χ3v) is 7.20. The smallest absolute Gasteiger partial charge is 0.303 e. The molecule has 0 fully saturated rings. The van der Waals surface area contributed by atoms with Crippen molar-refractivity contribution in [2.24, 2.45) is 0 Å². The summed E-state index contributed by atoms with van der Waals surface area (Å²) in [4.78, 5) is 11.0. The molecule has 0 radical (unpaired) electrons. The average molecular weight is 492 g/mol. The summed E-state index contributed by atoms with van der Waals surface area (Å²) in [6, 6.07) is 14.9. The van der Waals surface area contributed by atoms with Gasteiger partial charge in [0.1, 0.15) is 5.82 Å². The zero-order valence-corrected chi connectivity index (χ0v) is 18.8. The Labute approximate surface area is 193 Å². The summed E-state index contributed by atoms with van der Waals surface area (Å²) in [5.74, 6) is -1.56. The number of aromatic nitrogens is 1. The van der Waals surface area contributed by atoms with Crippen molar-refractivity contribution >= 4 is 50.1 Å². The number of hydrogen-bond acceptors (Lipinski definition) is 3. The largest absolute Gasteiger partial charge is 0.481 e. The predicted molar refractivity (Wildman–Crippen MR) is 122 cm³/mol. The predicted octanol–water partition coefficient (Wildman–Crippen LogP) is 6.01. The SMILES string of the molecule is O=C(O)CCc1cn(S(=O)(=O)c2cccc(-c3ccc(Cl)cc3F)c2)c2ccc(Cl)cc12. The number of rotatable bonds is 6. The molecule has 0 saturated carbocycles. The lowest BCUT2D eigenvalue weighted by Crippen LogP contribution is -2.12. The maximum absolute atomic E-state index is 14.4. The average Bonchev–Trinajstić information content (AvgIpc) is 3.11. The quantitative estimate of drug-likeness (QED) is 0.358. The molecule has 0 bridgehead atoms. The summed E-state index contributed by atoms with van der Waals surface area (Å²) in [6.45, 7) is 0. The van der Waals surface area contributed by atoms with Gasteiger partial charge in [-0.2, -0.15) is 0 Å². The van der Waals surface area contributed by atoms with Gasteiger partial charge in [0.15, 0.2) is 0 Å². The minimum atomic E-state index is -4.07. The normalized spacial score (nSPS) is 11.7. The zero-order valence-electron chi connectivity index (χ0n) is 16.4. The first-order valence-corrected chi connectivity index (χ1v) is 11.7. The Hall–Kier alpha value is -2.87. The van der Waals surface area contributed by atoms with Gasteiger partial charge in [-0.3, -0.25) is 4.79 Å². The standard InChI is InChI=1S/C23H16Cl2FNO4S/c24-16-6-8-22-20(11-16)15(4-9-23(28)29)13-27(22)32(30,31)18-3-1-2-14(10-18)19-7-5-17(25)12-21(19)26/h1-3,5-8,10-13H,4,9H2,(H,28,29). The number of aryl methyl sites for hydroxylation is 1. The van der Waals surface area contributed by atoms with Crippen molar-refractivity contribution in [3.8, 4) is 11.1 Å². The molecule has 3 aromatic carbocycles. The van der Waals surface area contributed by atoms with Gasteiger partial charge < -0.3 is 5.11 Å². The Morgan fingerprint density at radius 1 is 1.00 bits per heavy atom. The number of nitrogens with zero attached hydrogens (tertiary/aromatic N) is 1. The Bertz CT molecular complexity index is 1460. The minimum absolute atomic E-state index is 0.0408. The van der Waals surface area contributed by atoms with Gasteiger partial charge >= 0.3 is 5.97 Å². The van der Waals surface area contributed by atoms with Gasteiger partial charge in [0.2, 0.25) is 0 Å². The number of benzene rings is 3. The second-order valence-corrected chi connectivity index (χ2v) is 9.85. The van der Waals surface area contributed by atoms with E-state index in [1.54, 1.807) is 24.3 Å². The molecule has 0 aliphatic rings. The molecule has 0 spiro atoms. The van der Waals surface area contributed by atoms with Gasteiger partial charge in [0.25, 0.3) is 10.0 Å². The topological polar surface area (TPSA) is 76.4 Å². The molecular weight excluding hydrogens is 476 g/mol. The van der Waals surface area contributed by atoms with Gasteiger partial charge in [0, 0.05) is 33.6 Å². The van der Waals surface area contributed by atoms with Crippen LogP contribution in [0.25, 0.3) is 22.0 Å². The van der Waals surface area contributed by atoms with Gasteiger partial charge in [-0.15, -0.1) is 0 Å². The number of carboxylic acids is 1. The van der Waals surface area contributed by atoms with E-state index in [2.05, 4.69) is 0 Å². The van der Waals surface area contributed by atoms with Crippen molar-refractivity contribution < 1.29 is 22.7 Å². The summed E-state index contributed by atoms with van der Waals surface area (Å²) < 4.78 is 42.5. The molecule has 0 amide bonds. The van der Waals surface area contributed by atoms with Crippen LogP contribution in [0, 0.1) is 5.82 Å². The van der Waals surface area contributed by atoms with Crippen LogP contribution in [0.3, 0.4) is 0 Å². The number of carbonyl (C=O) groups is 1. The van der Waals surface area contributed by atoms with E-state index in [0.717, 1.165) is 10.0 Å². The summed E-state index contributed by atoms with van der Waals surface area (Å²) in [7, 11) is -4.07. The van der Waals surface area contributed by atoms with E-state index in [1.807, 2.05) is 0 Å². The fourth-order valence-corrected chi connectivity index (χ4v) is 5.31. The van der Waals surface area contributed by atoms with Crippen molar-refractivity contribution in [2.45, 2.75) is 17.7 Å². The summed E-state index contributed by atoms with van der Waals surface area (Å²) in [6.07, 6.45) is 1.40. The highest BCUT2D eigenvalue weighted by Gasteiger charge is 2.22. The molecule has 0 atom stereocenters. The molecular formula is C23H16Cl2FNO4S. The van der Waals surface area contributed by atoms with Gasteiger partial charge in [-0.05, 0) is 66.1 Å². The van der Waals surface area contributed by atoms with Crippen molar-refractivity contribution in [2.75, 3.05) is 0 Å². The Morgan fingerprint density at radius 2 is 1.72 bits per heavy atom. The summed E-state index contributed by atoms with van der Waals surface area (Å²) in [5, 5.41) is 10.2. The van der Waals surface area contributed by atoms with Crippen molar-refractivity contribution in [1.82, 2.24) is 3.97 Å². The van der Waals surface area contributed by atoms with Gasteiger partial charge in [-0.25, -0.2) is 16.8 Å². The molecule has 0 saturated heterocycles. The van der Waals surface area contributed by atoms with Crippen LogP contribution in [0.1, 0.15) is 12.0 Å². The van der Waals surface area contributed by atoms with Gasteiger partial charge in [0.05, 0.1) is 10.4 Å². The highest BCUT2D eigenvalue weighted by Crippen LogP contribution is 2.31. The number of carboxylic acid groups (broad SMARTS) is 1. The van der Waals surface area contributed by atoms with Crippen LogP contribution >= 0.6 is 23.2 Å². The molecule has 1 N–H and O–H groups in total. The molecule has 164 valence electrons. The molecule has 5 nitrogen and oxygen atoms in total. The van der Waals surface area contributed by atoms with Crippen LogP contribution in [0.2, 0.25) is 10.0 Å². The molecule has 4 aromatic rings. The van der Waals surface area contributed by atoms with Gasteiger partial charge in [-0.1, -0.05) is 35.3 Å². The molecule has 1 heterocycles. The van der Waals surface area contributed by atoms with E-state index in [1.165, 1.54) is 36.5 Å². The number of aliphatic carboxylic acids is 1. The van der Waals surface area contributed by atoms with Crippen LogP contribution in [0.5, 0.6) is 0 Å². The second-order valence-electron chi connectivity index (χ2n) is 7.16. The first-order chi connectivity index (χ1) is 15.2. The maximum Gasteiger partial charge on any atom is 0.303 e. The van der Waals surface area contributed by atoms with E-state index in [9.17, 15) is 17.6 Å². The minimum Gasteiger partial charge on any atom is -0.481 e. The lowest BCUT2D eigenvalue weighted by atomic mass is 10.1. The van der Waals surface area contributed by atoms with Crippen LogP contribution in [0.4, 0.5) is 4.39 Å². The van der Waals surface area contributed by atoms with Crippen LogP contribution in [-0.4, -0.2) is 23.5 Å². The molecule has 0 aliphatic heterocycles. The maximum atomic E-state index is 14.4. The molecule has 0 aliphatic carbocycles. The fraction of sp³-hybridized carbons (Fsp3) is 0.0870. The van der Waals surface area contributed by atoms with Crippen LogP contribution < -0.4 is 0 Å². The lowest BCUT2D eigenvalue weighted by Gasteiger charge is -2.10. The number of halogens is 3. The molecule has 32 heavy (non-hydrogen) atoms. The van der Waals surface area contributed by atoms with Crippen molar-refractivity contribution in [3.63, 3.8) is 0 Å². The molecule has 9 heteroatoms. The Balaban J connectivity index is 1.84. The van der Waals surface area contributed by atoms with Crippen molar-refractivity contribution in [1.29, 1.82) is 0 Å². The summed E-state index contributed by atoms with van der Waals surface area (Å²) in [5.41, 5.74) is 1.52. The van der Waals surface area contributed by atoms with Crippen molar-refractivity contribution in [3.05, 3.63) is 88.3 Å². The van der Waals surface area contributed by atoms with E-state index in [-0.39, 0.29) is 28.3 Å². The monoisotopic (exact) mass is 491 g/mol. The second kappa shape index (κ2) is 8.58. The molecule has 0 unspecified atom stereocenters. The highest BCUT2D eigenvalue weighted by atomic mass is 35.5. The van der Waals surface area contributed by atoms with E-state index < -0.39 is 21.8 Å². The van der Waals surface area contributed by atoms with E-state index >= 15 is 0 Å².